The van der Waals surface area contributed by atoms with E-state index in [9.17, 15) is 17.6 Å². The van der Waals surface area contributed by atoms with Gasteiger partial charge in [-0.1, -0.05) is 11.6 Å². The van der Waals surface area contributed by atoms with E-state index in [1.54, 1.807) is 11.9 Å². The van der Waals surface area contributed by atoms with Crippen molar-refractivity contribution in [1.82, 2.24) is 15.1 Å². The molecule has 5 nitrogen and oxygen atoms in total. The first kappa shape index (κ1) is 24.7. The molecule has 2 aromatic rings. The van der Waals surface area contributed by atoms with Crippen molar-refractivity contribution in [2.75, 3.05) is 44.8 Å². The number of likely N-dealkylation sites (tertiary alicyclic amines) is 1. The topological polar surface area (TPSA) is 41.5 Å². The van der Waals surface area contributed by atoms with Crippen LogP contribution in [-0.2, 0) is 10.9 Å². The maximum atomic E-state index is 14.1. The summed E-state index contributed by atoms with van der Waals surface area (Å²) in [5.41, 5.74) is -0.909. The number of benzene rings is 1. The lowest BCUT2D eigenvalue weighted by Crippen LogP contribution is -2.36. The molecule has 3 heterocycles. The molecule has 1 aromatic heterocycles. The number of halogens is 5. The van der Waals surface area contributed by atoms with Gasteiger partial charge < -0.3 is 14.5 Å². The Hall–Kier alpha value is -1.97. The molecule has 2 saturated heterocycles. The van der Waals surface area contributed by atoms with E-state index in [0.29, 0.717) is 17.8 Å². The third-order valence-electron chi connectivity index (χ3n) is 7.82. The highest BCUT2D eigenvalue weighted by atomic mass is 35.5. The third-order valence-corrected chi connectivity index (χ3v) is 8.15. The molecule has 190 valence electrons. The van der Waals surface area contributed by atoms with Crippen molar-refractivity contribution in [1.29, 1.82) is 0 Å². The lowest BCUT2D eigenvalue weighted by molar-refractivity contribution is -0.137. The van der Waals surface area contributed by atoms with E-state index in [4.69, 9.17) is 16.3 Å². The minimum Gasteiger partial charge on any atom is -0.381 e. The van der Waals surface area contributed by atoms with Crippen LogP contribution in [0.5, 0.6) is 0 Å². The van der Waals surface area contributed by atoms with Crippen molar-refractivity contribution in [3.63, 3.8) is 0 Å². The van der Waals surface area contributed by atoms with E-state index in [1.165, 1.54) is 6.07 Å². The van der Waals surface area contributed by atoms with Crippen LogP contribution in [-0.4, -0.2) is 61.0 Å². The summed E-state index contributed by atoms with van der Waals surface area (Å²) in [5.74, 6) is 0.836. The number of ether oxygens (including phenoxy) is 1. The molecule has 1 saturated carbocycles. The molecule has 0 spiro atoms. The molecule has 3 atom stereocenters. The van der Waals surface area contributed by atoms with E-state index in [1.807, 2.05) is 0 Å². The third kappa shape index (κ3) is 5.27. The van der Waals surface area contributed by atoms with Gasteiger partial charge in [0, 0.05) is 51.5 Å². The van der Waals surface area contributed by atoms with E-state index in [-0.39, 0.29) is 28.1 Å². The summed E-state index contributed by atoms with van der Waals surface area (Å²) in [4.78, 5) is 4.16. The number of hydrogen-bond donors (Lipinski definition) is 0. The van der Waals surface area contributed by atoms with Crippen molar-refractivity contribution in [3.05, 3.63) is 40.7 Å². The Balaban J connectivity index is 1.31. The van der Waals surface area contributed by atoms with Crippen LogP contribution in [0.15, 0.2) is 24.3 Å². The van der Waals surface area contributed by atoms with Crippen LogP contribution in [0.25, 0.3) is 11.3 Å². The zero-order valence-electron chi connectivity index (χ0n) is 19.6. The summed E-state index contributed by atoms with van der Waals surface area (Å²) in [7, 11) is 1.67. The molecule has 35 heavy (non-hydrogen) atoms. The van der Waals surface area contributed by atoms with E-state index in [2.05, 4.69) is 15.1 Å². The van der Waals surface area contributed by atoms with Crippen molar-refractivity contribution in [2.45, 2.75) is 37.9 Å². The van der Waals surface area contributed by atoms with Crippen LogP contribution in [0.1, 0.15) is 31.2 Å². The summed E-state index contributed by atoms with van der Waals surface area (Å²) in [5, 5.41) is 8.10. The van der Waals surface area contributed by atoms with Crippen LogP contribution in [0, 0.1) is 23.6 Å². The maximum Gasteiger partial charge on any atom is 0.420 e. The second-order valence-electron chi connectivity index (χ2n) is 10.1. The molecule has 3 aliphatic rings. The number of fused-ring (bicyclic) bond motifs is 1. The number of anilines is 1. The van der Waals surface area contributed by atoms with Crippen molar-refractivity contribution >= 4 is 17.4 Å². The Bertz CT molecular complexity index is 1050. The minimum atomic E-state index is -4.64. The van der Waals surface area contributed by atoms with Gasteiger partial charge in [0.25, 0.3) is 0 Å². The Labute approximate surface area is 207 Å². The second-order valence-corrected chi connectivity index (χ2v) is 10.5. The van der Waals surface area contributed by atoms with Crippen LogP contribution < -0.4 is 4.90 Å². The molecule has 10 heteroatoms. The zero-order valence-corrected chi connectivity index (χ0v) is 20.3. The number of alkyl halides is 3. The molecule has 0 radical (unpaired) electrons. The molecule has 5 rings (SSSR count). The molecule has 1 aromatic carbocycles. The minimum absolute atomic E-state index is 0.0331. The number of aromatic nitrogens is 2. The van der Waals surface area contributed by atoms with Gasteiger partial charge in [-0.25, -0.2) is 4.39 Å². The van der Waals surface area contributed by atoms with Gasteiger partial charge in [0.15, 0.2) is 5.82 Å². The van der Waals surface area contributed by atoms with Crippen LogP contribution in [0.4, 0.5) is 23.4 Å². The first-order valence-corrected chi connectivity index (χ1v) is 12.5. The molecule has 1 aliphatic carbocycles. The molecule has 0 amide bonds. The summed E-state index contributed by atoms with van der Waals surface area (Å²) in [6.45, 7) is 4.77. The fourth-order valence-electron chi connectivity index (χ4n) is 5.98. The maximum absolute atomic E-state index is 14.1. The first-order valence-electron chi connectivity index (χ1n) is 12.1. The van der Waals surface area contributed by atoms with E-state index < -0.39 is 17.6 Å². The van der Waals surface area contributed by atoms with Crippen molar-refractivity contribution in [3.8, 4) is 11.3 Å². The molecule has 0 bridgehead atoms. The highest BCUT2D eigenvalue weighted by molar-refractivity contribution is 6.33. The quantitative estimate of drug-likeness (QED) is 0.493. The lowest BCUT2D eigenvalue weighted by Gasteiger charge is -2.30. The number of nitrogens with zero attached hydrogens (tertiary/aromatic N) is 4. The summed E-state index contributed by atoms with van der Waals surface area (Å²) in [6.07, 6.45) is -0.757. The first-order chi connectivity index (χ1) is 16.7. The van der Waals surface area contributed by atoms with Crippen LogP contribution in [0.2, 0.25) is 5.02 Å². The van der Waals surface area contributed by atoms with Gasteiger partial charge >= 0.3 is 6.18 Å². The summed E-state index contributed by atoms with van der Waals surface area (Å²) in [6, 6.07) is 4.40. The van der Waals surface area contributed by atoms with Crippen molar-refractivity contribution in [2.24, 2.45) is 17.8 Å². The number of rotatable bonds is 5. The average Bonchev–Trinajstić information content (AvgIpc) is 3.39. The SMILES string of the molecule is CN(c1nnc(-c2cc(F)ccc2Cl)cc1C(F)(F)F)C1C[C@@H]2CN(CC3CCOCC3)C[C@@H]2C1. The largest absolute Gasteiger partial charge is 0.420 e. The standard InChI is InChI=1S/C25H29ClF4N4O/c1-33(19-8-16-13-34(14-17(16)9-19)12-15-4-6-35-7-5-15)24-21(25(28,29)30)11-23(31-32-24)20-10-18(27)2-3-22(20)26/h2-3,10-11,15-17,19H,4-9,12-14H2,1H3/t16-,17+,19?. The van der Waals surface area contributed by atoms with Crippen LogP contribution >= 0.6 is 11.6 Å². The second kappa shape index (κ2) is 9.82. The van der Waals surface area contributed by atoms with Gasteiger partial charge in [0.05, 0.1) is 10.7 Å². The smallest absolute Gasteiger partial charge is 0.381 e. The van der Waals surface area contributed by atoms with Gasteiger partial charge in [-0.3, -0.25) is 0 Å². The predicted octanol–water partition coefficient (Wildman–Crippen LogP) is 5.53. The van der Waals surface area contributed by atoms with Gasteiger partial charge in [-0.15, -0.1) is 10.2 Å². The highest BCUT2D eigenvalue weighted by Gasteiger charge is 2.44. The molecular formula is C25H29ClF4N4O. The van der Waals surface area contributed by atoms with Gasteiger partial charge in [0.2, 0.25) is 0 Å². The Kier molecular flexibility index (Phi) is 6.94. The molecular weight excluding hydrogens is 484 g/mol. The Morgan fingerprint density at radius 2 is 1.77 bits per heavy atom. The van der Waals surface area contributed by atoms with Crippen molar-refractivity contribution < 1.29 is 22.3 Å². The predicted molar refractivity (Wildman–Crippen MR) is 126 cm³/mol. The average molecular weight is 513 g/mol. The van der Waals surface area contributed by atoms with Crippen LogP contribution in [0.3, 0.4) is 0 Å². The van der Waals surface area contributed by atoms with Gasteiger partial charge in [0.1, 0.15) is 11.4 Å². The highest BCUT2D eigenvalue weighted by Crippen LogP contribution is 2.44. The Morgan fingerprint density at radius 3 is 2.43 bits per heavy atom. The van der Waals surface area contributed by atoms with Gasteiger partial charge in [-0.2, -0.15) is 13.2 Å². The fraction of sp³-hybridized carbons (Fsp3) is 0.600. The van der Waals surface area contributed by atoms with E-state index >= 15 is 0 Å². The summed E-state index contributed by atoms with van der Waals surface area (Å²) >= 11 is 6.09. The molecule has 1 unspecified atom stereocenters. The normalized spacial score (nSPS) is 25.7. The monoisotopic (exact) mass is 512 g/mol. The Morgan fingerprint density at radius 1 is 1.09 bits per heavy atom. The fourth-order valence-corrected chi connectivity index (χ4v) is 6.19. The zero-order chi connectivity index (χ0) is 24.7. The number of hydrogen-bond acceptors (Lipinski definition) is 5. The van der Waals surface area contributed by atoms with Gasteiger partial charge in [-0.05, 0) is 67.7 Å². The summed E-state index contributed by atoms with van der Waals surface area (Å²) < 4.78 is 61.3. The molecule has 3 fully saturated rings. The molecule has 2 aliphatic heterocycles. The lowest BCUT2D eigenvalue weighted by atomic mass is 10.00. The van der Waals surface area contributed by atoms with E-state index in [0.717, 1.165) is 76.7 Å². The molecule has 0 N–H and O–H groups in total.